The third-order valence-corrected chi connectivity index (χ3v) is 2.04. The van der Waals surface area contributed by atoms with Crippen molar-refractivity contribution >= 4 is 11.9 Å². The van der Waals surface area contributed by atoms with E-state index in [-0.39, 0.29) is 18.5 Å². The Bertz CT molecular complexity index is 210. The standard InChI is InChI=1S/C7H10N2O2/c10-6-4-9(7(11)8-6)3-5-1-2-5/h5H,1-4H2,(H,8,10,11). The molecule has 1 N–H and O–H groups in total. The molecular formula is C7H10N2O2. The molecule has 1 heterocycles. The Labute approximate surface area is 64.5 Å². The largest absolute Gasteiger partial charge is 0.324 e. The van der Waals surface area contributed by atoms with Gasteiger partial charge in [-0.15, -0.1) is 0 Å². The van der Waals surface area contributed by atoms with Gasteiger partial charge < -0.3 is 4.90 Å². The van der Waals surface area contributed by atoms with Crippen LogP contribution >= 0.6 is 0 Å². The quantitative estimate of drug-likeness (QED) is 0.567. The van der Waals surface area contributed by atoms with Crippen molar-refractivity contribution < 1.29 is 9.59 Å². The normalized spacial score (nSPS) is 24.2. The van der Waals surface area contributed by atoms with Gasteiger partial charge >= 0.3 is 6.03 Å². The van der Waals surface area contributed by atoms with Crippen molar-refractivity contribution in [3.63, 3.8) is 0 Å². The third kappa shape index (κ3) is 1.34. The maximum atomic E-state index is 10.9. The Hall–Kier alpha value is -1.06. The first kappa shape index (κ1) is 6.64. The maximum absolute atomic E-state index is 10.9. The van der Waals surface area contributed by atoms with Gasteiger partial charge in [-0.1, -0.05) is 0 Å². The van der Waals surface area contributed by atoms with E-state index in [0.29, 0.717) is 5.92 Å². The fourth-order valence-corrected chi connectivity index (χ4v) is 1.24. The Balaban J connectivity index is 1.91. The van der Waals surface area contributed by atoms with E-state index >= 15 is 0 Å². The molecule has 2 aliphatic rings. The lowest BCUT2D eigenvalue weighted by Gasteiger charge is -2.10. The second-order valence-corrected chi connectivity index (χ2v) is 3.18. The zero-order valence-corrected chi connectivity index (χ0v) is 6.17. The summed E-state index contributed by atoms with van der Waals surface area (Å²) in [5.41, 5.74) is 0. The number of nitrogens with zero attached hydrogens (tertiary/aromatic N) is 1. The fraction of sp³-hybridized carbons (Fsp3) is 0.714. The van der Waals surface area contributed by atoms with Gasteiger partial charge in [-0.2, -0.15) is 0 Å². The van der Waals surface area contributed by atoms with Crippen LogP contribution in [0.3, 0.4) is 0 Å². The minimum atomic E-state index is -0.220. The molecule has 1 aliphatic heterocycles. The van der Waals surface area contributed by atoms with Crippen molar-refractivity contribution in [3.05, 3.63) is 0 Å². The molecule has 4 nitrogen and oxygen atoms in total. The third-order valence-electron chi connectivity index (χ3n) is 2.04. The van der Waals surface area contributed by atoms with Crippen molar-refractivity contribution in [2.75, 3.05) is 13.1 Å². The van der Waals surface area contributed by atoms with Crippen molar-refractivity contribution in [3.8, 4) is 0 Å². The monoisotopic (exact) mass is 154 g/mol. The molecule has 0 unspecified atom stereocenters. The van der Waals surface area contributed by atoms with Gasteiger partial charge in [0.05, 0.1) is 0 Å². The average molecular weight is 154 g/mol. The van der Waals surface area contributed by atoms with Crippen LogP contribution in [0.4, 0.5) is 4.79 Å². The molecule has 0 aromatic carbocycles. The molecule has 0 aromatic heterocycles. The zero-order chi connectivity index (χ0) is 7.84. The van der Waals surface area contributed by atoms with Gasteiger partial charge in [0.1, 0.15) is 6.54 Å². The number of rotatable bonds is 2. The van der Waals surface area contributed by atoms with Crippen LogP contribution in [0.15, 0.2) is 0 Å². The Kier molecular flexibility index (Phi) is 1.34. The number of carbonyl (C=O) groups is 2. The van der Waals surface area contributed by atoms with Crippen LogP contribution in [0.25, 0.3) is 0 Å². The highest BCUT2D eigenvalue weighted by atomic mass is 16.2. The summed E-state index contributed by atoms with van der Waals surface area (Å²) in [6.45, 7) is 1.02. The summed E-state index contributed by atoms with van der Waals surface area (Å²) >= 11 is 0. The zero-order valence-electron chi connectivity index (χ0n) is 6.17. The van der Waals surface area contributed by atoms with E-state index in [2.05, 4.69) is 5.32 Å². The maximum Gasteiger partial charge on any atom is 0.324 e. The lowest BCUT2D eigenvalue weighted by molar-refractivity contribution is -0.118. The minimum Gasteiger partial charge on any atom is -0.315 e. The Morgan fingerprint density at radius 1 is 1.45 bits per heavy atom. The highest BCUT2D eigenvalue weighted by molar-refractivity contribution is 6.01. The predicted octanol–water partition coefficient (Wildman–Crippen LogP) is -0.0518. The van der Waals surface area contributed by atoms with Gasteiger partial charge in [-0.05, 0) is 18.8 Å². The molecule has 11 heavy (non-hydrogen) atoms. The SMILES string of the molecule is O=C1CN(CC2CC2)C(=O)N1. The molecule has 0 spiro atoms. The molecule has 2 fully saturated rings. The van der Waals surface area contributed by atoms with Gasteiger partial charge in [-0.3, -0.25) is 10.1 Å². The smallest absolute Gasteiger partial charge is 0.315 e. The summed E-state index contributed by atoms with van der Waals surface area (Å²) < 4.78 is 0. The van der Waals surface area contributed by atoms with Crippen LogP contribution in [0.5, 0.6) is 0 Å². The van der Waals surface area contributed by atoms with E-state index in [4.69, 9.17) is 0 Å². The molecular weight excluding hydrogens is 144 g/mol. The molecule has 2 rings (SSSR count). The van der Waals surface area contributed by atoms with Crippen molar-refractivity contribution in [2.24, 2.45) is 5.92 Å². The highest BCUT2D eigenvalue weighted by Gasteiger charge is 2.32. The number of amides is 3. The van der Waals surface area contributed by atoms with E-state index in [1.54, 1.807) is 4.90 Å². The van der Waals surface area contributed by atoms with Crippen LogP contribution in [0.1, 0.15) is 12.8 Å². The molecule has 4 heteroatoms. The molecule has 1 saturated heterocycles. The summed E-state index contributed by atoms with van der Waals surface area (Å²) in [5.74, 6) is 0.488. The number of hydrogen-bond acceptors (Lipinski definition) is 2. The van der Waals surface area contributed by atoms with Gasteiger partial charge in [-0.25, -0.2) is 4.79 Å². The van der Waals surface area contributed by atoms with Crippen LogP contribution < -0.4 is 5.32 Å². The van der Waals surface area contributed by atoms with Crippen molar-refractivity contribution in [1.82, 2.24) is 10.2 Å². The number of nitrogens with one attached hydrogen (secondary N) is 1. The van der Waals surface area contributed by atoms with Gasteiger partial charge in [0, 0.05) is 6.54 Å². The topological polar surface area (TPSA) is 49.4 Å². The lowest BCUT2D eigenvalue weighted by atomic mass is 10.4. The summed E-state index contributed by atoms with van der Waals surface area (Å²) in [5, 5.41) is 2.25. The number of carbonyl (C=O) groups excluding carboxylic acids is 2. The first-order chi connectivity index (χ1) is 5.25. The highest BCUT2D eigenvalue weighted by Crippen LogP contribution is 2.29. The molecule has 1 saturated carbocycles. The van der Waals surface area contributed by atoms with Gasteiger partial charge in [0.2, 0.25) is 5.91 Å². The van der Waals surface area contributed by atoms with Crippen LogP contribution in [-0.2, 0) is 4.79 Å². The van der Waals surface area contributed by atoms with E-state index in [0.717, 1.165) is 6.54 Å². The number of hydrogen-bond donors (Lipinski definition) is 1. The number of imide groups is 1. The Morgan fingerprint density at radius 3 is 2.64 bits per heavy atom. The summed E-state index contributed by atoms with van der Waals surface area (Å²) in [6, 6.07) is -0.220. The molecule has 1 aliphatic carbocycles. The van der Waals surface area contributed by atoms with Crippen LogP contribution in [-0.4, -0.2) is 29.9 Å². The second-order valence-electron chi connectivity index (χ2n) is 3.18. The fourth-order valence-electron chi connectivity index (χ4n) is 1.24. The summed E-state index contributed by atoms with van der Waals surface area (Å²) in [4.78, 5) is 23.2. The minimum absolute atomic E-state index is 0.171. The van der Waals surface area contributed by atoms with Gasteiger partial charge in [0.25, 0.3) is 0 Å². The van der Waals surface area contributed by atoms with Crippen LogP contribution in [0, 0.1) is 5.92 Å². The van der Waals surface area contributed by atoms with Crippen molar-refractivity contribution in [2.45, 2.75) is 12.8 Å². The van der Waals surface area contributed by atoms with Crippen molar-refractivity contribution in [1.29, 1.82) is 0 Å². The van der Waals surface area contributed by atoms with E-state index in [1.165, 1.54) is 12.8 Å². The first-order valence-electron chi connectivity index (χ1n) is 3.84. The molecule has 0 atom stereocenters. The first-order valence-corrected chi connectivity index (χ1v) is 3.84. The summed E-state index contributed by atoms with van der Waals surface area (Å²) in [7, 11) is 0. The van der Waals surface area contributed by atoms with E-state index in [9.17, 15) is 9.59 Å². The molecule has 3 amide bonds. The van der Waals surface area contributed by atoms with Crippen LogP contribution in [0.2, 0.25) is 0 Å². The number of urea groups is 1. The van der Waals surface area contributed by atoms with E-state index < -0.39 is 0 Å². The summed E-state index contributed by atoms with van der Waals surface area (Å²) in [6.07, 6.45) is 2.41. The average Bonchev–Trinajstić information content (AvgIpc) is 2.64. The molecule has 0 bridgehead atoms. The van der Waals surface area contributed by atoms with Gasteiger partial charge in [0.15, 0.2) is 0 Å². The second kappa shape index (κ2) is 2.22. The predicted molar refractivity (Wildman–Crippen MR) is 37.8 cm³/mol. The van der Waals surface area contributed by atoms with E-state index in [1.807, 2.05) is 0 Å². The molecule has 60 valence electrons. The lowest BCUT2D eigenvalue weighted by Crippen LogP contribution is -2.29. The Morgan fingerprint density at radius 2 is 2.18 bits per heavy atom. The molecule has 0 aromatic rings. The molecule has 0 radical (unpaired) electrons.